The van der Waals surface area contributed by atoms with Crippen LogP contribution in [0.25, 0.3) is 6.08 Å². The third-order valence-electron chi connectivity index (χ3n) is 3.83. The van der Waals surface area contributed by atoms with Crippen molar-refractivity contribution in [1.29, 1.82) is 0 Å². The highest BCUT2D eigenvalue weighted by Crippen LogP contribution is 2.31. The number of hydrogen-bond donors (Lipinski definition) is 5. The quantitative estimate of drug-likeness (QED) is 0.370. The van der Waals surface area contributed by atoms with Gasteiger partial charge in [0.25, 0.3) is 0 Å². The molecule has 130 valence electrons. The van der Waals surface area contributed by atoms with Crippen LogP contribution in [0.4, 0.5) is 0 Å². The molecule has 1 aliphatic carbocycles. The summed E-state index contributed by atoms with van der Waals surface area (Å²) in [4.78, 5) is 22.9. The number of benzene rings is 1. The topological polar surface area (TPSA) is 145 Å². The van der Waals surface area contributed by atoms with Gasteiger partial charge in [-0.2, -0.15) is 0 Å². The van der Waals surface area contributed by atoms with Crippen LogP contribution in [-0.2, 0) is 14.3 Å². The van der Waals surface area contributed by atoms with E-state index >= 15 is 0 Å². The zero-order valence-corrected chi connectivity index (χ0v) is 12.6. The lowest BCUT2D eigenvalue weighted by molar-refractivity contribution is -0.196. The van der Waals surface area contributed by atoms with Crippen LogP contribution in [-0.4, -0.2) is 61.4 Å². The number of aromatic hydroxyl groups is 1. The van der Waals surface area contributed by atoms with Crippen molar-refractivity contribution >= 4 is 18.0 Å². The maximum atomic E-state index is 11.8. The molecule has 1 aromatic carbocycles. The van der Waals surface area contributed by atoms with Crippen molar-refractivity contribution in [3.05, 3.63) is 35.9 Å². The summed E-state index contributed by atoms with van der Waals surface area (Å²) in [6.07, 6.45) is -3.00. The van der Waals surface area contributed by atoms with E-state index in [0.717, 1.165) is 6.08 Å². The molecule has 1 saturated carbocycles. The number of phenolic OH excluding ortho intramolecular Hbond substituents is 1. The highest BCUT2D eigenvalue weighted by molar-refractivity contribution is 5.87. The molecule has 8 heteroatoms. The van der Waals surface area contributed by atoms with Crippen molar-refractivity contribution in [2.75, 3.05) is 0 Å². The maximum Gasteiger partial charge on any atom is 0.335 e. The summed E-state index contributed by atoms with van der Waals surface area (Å²) in [5.41, 5.74) is -1.67. The molecule has 0 aromatic heterocycles. The molecule has 24 heavy (non-hydrogen) atoms. The van der Waals surface area contributed by atoms with Crippen LogP contribution in [0.15, 0.2) is 30.3 Å². The average Bonchev–Trinajstić information content (AvgIpc) is 2.51. The number of rotatable bonds is 4. The predicted molar refractivity (Wildman–Crippen MR) is 80.9 cm³/mol. The summed E-state index contributed by atoms with van der Waals surface area (Å²) in [5.74, 6) is -2.36. The Hall–Kier alpha value is -2.42. The monoisotopic (exact) mass is 338 g/mol. The Bertz CT molecular complexity index is 638. The first-order valence-electron chi connectivity index (χ1n) is 7.21. The standard InChI is InChI=1S/C16H18O8/c17-10-4-1-9(2-5-10)3-6-13(19)24-12-8-16(23,15(21)22)7-11(18)14(12)20/h1-6,11-12,14,17-18,20,23H,7-8H2,(H,21,22)/t11-,12+,14-,16+/m1/s1. The smallest absolute Gasteiger partial charge is 0.335 e. The van der Waals surface area contributed by atoms with Gasteiger partial charge in [0.1, 0.15) is 18.0 Å². The number of aliphatic hydroxyl groups excluding tert-OH is 2. The fraction of sp³-hybridized carbons (Fsp3) is 0.375. The molecule has 2 rings (SSSR count). The third kappa shape index (κ3) is 4.10. The molecule has 1 aliphatic rings. The van der Waals surface area contributed by atoms with Crippen molar-refractivity contribution in [3.8, 4) is 5.75 Å². The number of aliphatic carboxylic acids is 1. The molecular formula is C16H18O8. The highest BCUT2D eigenvalue weighted by atomic mass is 16.6. The number of carboxylic acids is 1. The second kappa shape index (κ2) is 7.00. The minimum atomic E-state index is -2.27. The average molecular weight is 338 g/mol. The molecule has 1 aromatic rings. The normalized spacial score (nSPS) is 30.2. The Labute approximate surface area is 137 Å². The number of carboxylic acid groups (broad SMARTS) is 1. The Morgan fingerprint density at radius 1 is 1.17 bits per heavy atom. The molecule has 8 nitrogen and oxygen atoms in total. The molecule has 4 atom stereocenters. The van der Waals surface area contributed by atoms with Crippen molar-refractivity contribution in [2.45, 2.75) is 36.8 Å². The number of phenols is 1. The van der Waals surface area contributed by atoms with E-state index < -0.39 is 48.7 Å². The molecule has 1 fully saturated rings. The minimum absolute atomic E-state index is 0.0713. The first kappa shape index (κ1) is 17.9. The van der Waals surface area contributed by atoms with Gasteiger partial charge in [0.05, 0.1) is 6.10 Å². The maximum absolute atomic E-state index is 11.8. The number of carbonyl (C=O) groups excluding carboxylic acids is 1. The van der Waals surface area contributed by atoms with Crippen molar-refractivity contribution in [3.63, 3.8) is 0 Å². The lowest BCUT2D eigenvalue weighted by atomic mass is 9.79. The van der Waals surface area contributed by atoms with E-state index in [1.54, 1.807) is 12.1 Å². The van der Waals surface area contributed by atoms with Gasteiger partial charge in [-0.15, -0.1) is 0 Å². The fourth-order valence-corrected chi connectivity index (χ4v) is 2.48. The van der Waals surface area contributed by atoms with E-state index in [4.69, 9.17) is 14.9 Å². The molecule has 0 saturated heterocycles. The molecule has 0 heterocycles. The van der Waals surface area contributed by atoms with E-state index in [2.05, 4.69) is 0 Å². The van der Waals surface area contributed by atoms with Gasteiger partial charge in [-0.3, -0.25) is 0 Å². The van der Waals surface area contributed by atoms with Gasteiger partial charge in [-0.25, -0.2) is 9.59 Å². The summed E-state index contributed by atoms with van der Waals surface area (Å²) in [7, 11) is 0. The Morgan fingerprint density at radius 2 is 1.79 bits per heavy atom. The highest BCUT2D eigenvalue weighted by Gasteiger charge is 2.50. The summed E-state index contributed by atoms with van der Waals surface area (Å²) in [5, 5.41) is 47.6. The Balaban J connectivity index is 2.03. The van der Waals surface area contributed by atoms with Crippen molar-refractivity contribution in [2.24, 2.45) is 0 Å². The van der Waals surface area contributed by atoms with Gasteiger partial charge in [0, 0.05) is 18.9 Å². The number of esters is 1. The lowest BCUT2D eigenvalue weighted by Crippen LogP contribution is -2.57. The van der Waals surface area contributed by atoms with Crippen LogP contribution in [0, 0.1) is 0 Å². The second-order valence-corrected chi connectivity index (χ2v) is 5.70. The van der Waals surface area contributed by atoms with Crippen molar-refractivity contribution in [1.82, 2.24) is 0 Å². The molecule has 0 amide bonds. The third-order valence-corrected chi connectivity index (χ3v) is 3.83. The SMILES string of the molecule is O=C(C=Cc1ccc(O)cc1)O[C@H]1C[C@](O)(C(=O)O)C[C@@H](O)[C@H]1O. The van der Waals surface area contributed by atoms with Gasteiger partial charge < -0.3 is 30.3 Å². The van der Waals surface area contributed by atoms with E-state index in [9.17, 15) is 24.9 Å². The predicted octanol–water partition coefficient (Wildman–Crippen LogP) is -0.352. The second-order valence-electron chi connectivity index (χ2n) is 5.70. The van der Waals surface area contributed by atoms with Crippen LogP contribution >= 0.6 is 0 Å². The Morgan fingerprint density at radius 3 is 2.38 bits per heavy atom. The largest absolute Gasteiger partial charge is 0.508 e. The zero-order valence-electron chi connectivity index (χ0n) is 12.6. The summed E-state index contributed by atoms with van der Waals surface area (Å²) >= 11 is 0. The number of aliphatic hydroxyl groups is 3. The Kier molecular flexibility index (Phi) is 5.23. The van der Waals surface area contributed by atoms with E-state index in [1.165, 1.54) is 18.2 Å². The van der Waals surface area contributed by atoms with Crippen molar-refractivity contribution < 1.29 is 39.9 Å². The fourth-order valence-electron chi connectivity index (χ4n) is 2.48. The molecule has 0 aliphatic heterocycles. The summed E-state index contributed by atoms with van der Waals surface area (Å²) < 4.78 is 4.96. The molecular weight excluding hydrogens is 320 g/mol. The summed E-state index contributed by atoms with van der Waals surface area (Å²) in [6.45, 7) is 0. The molecule has 0 unspecified atom stereocenters. The zero-order chi connectivity index (χ0) is 17.9. The van der Waals surface area contributed by atoms with Crippen LogP contribution in [0.3, 0.4) is 0 Å². The van der Waals surface area contributed by atoms with Gasteiger partial charge in [-0.1, -0.05) is 12.1 Å². The first-order chi connectivity index (χ1) is 11.2. The van der Waals surface area contributed by atoms with Gasteiger partial charge in [0.15, 0.2) is 5.60 Å². The number of ether oxygens (including phenoxy) is 1. The van der Waals surface area contributed by atoms with Crippen LogP contribution < -0.4 is 0 Å². The van der Waals surface area contributed by atoms with Gasteiger partial charge in [-0.05, 0) is 23.8 Å². The number of hydrogen-bond acceptors (Lipinski definition) is 7. The molecule has 0 bridgehead atoms. The van der Waals surface area contributed by atoms with Crippen LogP contribution in [0.1, 0.15) is 18.4 Å². The molecule has 0 spiro atoms. The van der Waals surface area contributed by atoms with E-state index in [0.29, 0.717) is 5.56 Å². The summed E-state index contributed by atoms with van der Waals surface area (Å²) in [6, 6.07) is 5.97. The molecule has 0 radical (unpaired) electrons. The molecule has 5 N–H and O–H groups in total. The van der Waals surface area contributed by atoms with Crippen LogP contribution in [0.2, 0.25) is 0 Å². The van der Waals surface area contributed by atoms with Crippen LogP contribution in [0.5, 0.6) is 5.75 Å². The minimum Gasteiger partial charge on any atom is -0.508 e. The number of carbonyl (C=O) groups is 2. The van der Waals surface area contributed by atoms with E-state index in [1.807, 2.05) is 0 Å². The van der Waals surface area contributed by atoms with E-state index in [-0.39, 0.29) is 5.75 Å². The lowest BCUT2D eigenvalue weighted by Gasteiger charge is -2.39. The first-order valence-corrected chi connectivity index (χ1v) is 7.21. The van der Waals surface area contributed by atoms with Gasteiger partial charge >= 0.3 is 11.9 Å². The van der Waals surface area contributed by atoms with Gasteiger partial charge in [0.2, 0.25) is 0 Å².